The average molecular weight is 454 g/mol. The highest BCUT2D eigenvalue weighted by atomic mass is 79.9. The van der Waals surface area contributed by atoms with E-state index in [4.69, 9.17) is 4.98 Å². The van der Waals surface area contributed by atoms with Crippen molar-refractivity contribution in [2.45, 2.75) is 19.0 Å². The van der Waals surface area contributed by atoms with Crippen LogP contribution in [0.15, 0.2) is 47.9 Å². The number of aromatic nitrogens is 7. The third-order valence-electron chi connectivity index (χ3n) is 5.57. The van der Waals surface area contributed by atoms with E-state index < -0.39 is 0 Å². The molecule has 5 heterocycles. The Labute approximate surface area is 176 Å². The second-order valence-corrected chi connectivity index (χ2v) is 8.02. The van der Waals surface area contributed by atoms with Gasteiger partial charge >= 0.3 is 0 Å². The lowest BCUT2D eigenvalue weighted by Crippen LogP contribution is -2.52. The van der Waals surface area contributed by atoms with Gasteiger partial charge in [-0.25, -0.2) is 19.9 Å². The van der Waals surface area contributed by atoms with Gasteiger partial charge in [0.1, 0.15) is 16.1 Å². The molecule has 2 atom stereocenters. The van der Waals surface area contributed by atoms with Gasteiger partial charge in [0, 0.05) is 43.3 Å². The molecule has 0 aliphatic carbocycles. The van der Waals surface area contributed by atoms with Crippen molar-refractivity contribution in [1.82, 2.24) is 39.4 Å². The van der Waals surface area contributed by atoms with Crippen LogP contribution in [0.25, 0.3) is 17.2 Å². The number of aromatic amines is 1. The summed E-state index contributed by atoms with van der Waals surface area (Å²) in [6.07, 6.45) is 11.0. The third-order valence-corrected chi connectivity index (χ3v) is 5.98. The number of H-pyrrole nitrogens is 1. The number of fused-ring (bicyclic) bond motifs is 1. The highest BCUT2D eigenvalue weighted by Gasteiger charge is 2.34. The summed E-state index contributed by atoms with van der Waals surface area (Å²) in [6, 6.07) is 2.43. The topological polar surface area (TPSA) is 91.1 Å². The SMILES string of the molecule is C[C@@H]1[C@H](c2cn[nH]c2)N(c2ccnc(-c3cnc4cnc(Br)cn34)n2)CCN1C. The van der Waals surface area contributed by atoms with Crippen LogP contribution in [0.4, 0.5) is 5.82 Å². The molecule has 1 saturated heterocycles. The molecular formula is C19H20BrN9. The van der Waals surface area contributed by atoms with E-state index in [0.717, 1.165) is 40.4 Å². The minimum absolute atomic E-state index is 0.149. The molecule has 0 saturated carbocycles. The normalized spacial score (nSPS) is 20.4. The minimum atomic E-state index is 0.149. The van der Waals surface area contributed by atoms with Crippen molar-refractivity contribution >= 4 is 27.4 Å². The third kappa shape index (κ3) is 3.18. The summed E-state index contributed by atoms with van der Waals surface area (Å²) in [5, 5.41) is 7.10. The number of nitrogens with zero attached hydrogens (tertiary/aromatic N) is 8. The summed E-state index contributed by atoms with van der Waals surface area (Å²) in [4.78, 5) is 22.8. The van der Waals surface area contributed by atoms with E-state index in [1.54, 1.807) is 12.4 Å². The number of halogens is 1. The molecule has 4 aromatic rings. The molecule has 0 aromatic carbocycles. The van der Waals surface area contributed by atoms with Crippen LogP contribution in [-0.2, 0) is 0 Å². The van der Waals surface area contributed by atoms with Crippen molar-refractivity contribution in [3.63, 3.8) is 0 Å². The number of imidazole rings is 1. The zero-order valence-corrected chi connectivity index (χ0v) is 17.7. The molecule has 4 aromatic heterocycles. The Morgan fingerprint density at radius 2 is 2.03 bits per heavy atom. The number of hydrogen-bond acceptors (Lipinski definition) is 7. The van der Waals surface area contributed by atoms with Crippen LogP contribution in [0, 0.1) is 0 Å². The maximum absolute atomic E-state index is 4.91. The van der Waals surface area contributed by atoms with Crippen molar-refractivity contribution in [2.75, 3.05) is 25.0 Å². The number of piperazine rings is 1. The van der Waals surface area contributed by atoms with Gasteiger partial charge in [0.15, 0.2) is 11.5 Å². The van der Waals surface area contributed by atoms with Crippen molar-refractivity contribution < 1.29 is 0 Å². The fourth-order valence-corrected chi connectivity index (χ4v) is 4.22. The molecule has 9 nitrogen and oxygen atoms in total. The summed E-state index contributed by atoms with van der Waals surface area (Å²) < 4.78 is 2.67. The van der Waals surface area contributed by atoms with Crippen LogP contribution in [0.5, 0.6) is 0 Å². The Bertz CT molecular complexity index is 1140. The first kappa shape index (κ1) is 18.2. The Hall–Kier alpha value is -2.85. The van der Waals surface area contributed by atoms with Crippen molar-refractivity contribution in [3.05, 3.63) is 53.4 Å². The van der Waals surface area contributed by atoms with E-state index in [0.29, 0.717) is 11.9 Å². The van der Waals surface area contributed by atoms with Crippen LogP contribution in [0.3, 0.4) is 0 Å². The second-order valence-electron chi connectivity index (χ2n) is 7.21. The van der Waals surface area contributed by atoms with Gasteiger partial charge in [0.05, 0.1) is 24.6 Å². The molecule has 1 aliphatic rings. The molecule has 148 valence electrons. The predicted octanol–water partition coefficient (Wildman–Crippen LogP) is 2.55. The van der Waals surface area contributed by atoms with Gasteiger partial charge in [-0.1, -0.05) is 0 Å². The number of anilines is 1. The lowest BCUT2D eigenvalue weighted by molar-refractivity contribution is 0.188. The van der Waals surface area contributed by atoms with Gasteiger partial charge < -0.3 is 4.90 Å². The zero-order valence-electron chi connectivity index (χ0n) is 16.1. The molecule has 0 bridgehead atoms. The fourth-order valence-electron chi connectivity index (χ4n) is 3.91. The lowest BCUT2D eigenvalue weighted by Gasteiger charge is -2.45. The number of nitrogens with one attached hydrogen (secondary N) is 1. The molecule has 29 heavy (non-hydrogen) atoms. The van der Waals surface area contributed by atoms with Crippen molar-refractivity contribution in [1.29, 1.82) is 0 Å². The summed E-state index contributed by atoms with van der Waals surface area (Å²) in [7, 11) is 2.16. The van der Waals surface area contributed by atoms with Crippen LogP contribution < -0.4 is 4.90 Å². The number of hydrogen-bond donors (Lipinski definition) is 1. The highest BCUT2D eigenvalue weighted by molar-refractivity contribution is 9.10. The van der Waals surface area contributed by atoms with Crippen LogP contribution >= 0.6 is 15.9 Å². The molecule has 0 unspecified atom stereocenters. The average Bonchev–Trinajstić information content (AvgIpc) is 3.39. The van der Waals surface area contributed by atoms with Crippen LogP contribution in [0.2, 0.25) is 0 Å². The number of rotatable bonds is 3. The molecule has 0 radical (unpaired) electrons. The van der Waals surface area contributed by atoms with Gasteiger partial charge in [-0.05, 0) is 36.0 Å². The maximum Gasteiger partial charge on any atom is 0.180 e. The molecule has 1 fully saturated rings. The first-order valence-corrected chi connectivity index (χ1v) is 10.2. The first-order chi connectivity index (χ1) is 14.1. The van der Waals surface area contributed by atoms with E-state index >= 15 is 0 Å². The summed E-state index contributed by atoms with van der Waals surface area (Å²) in [6.45, 7) is 4.07. The molecule has 10 heteroatoms. The second kappa shape index (κ2) is 7.20. The van der Waals surface area contributed by atoms with E-state index in [-0.39, 0.29) is 6.04 Å². The largest absolute Gasteiger partial charge is 0.346 e. The predicted molar refractivity (Wildman–Crippen MR) is 112 cm³/mol. The van der Waals surface area contributed by atoms with Gasteiger partial charge in [-0.15, -0.1) is 0 Å². The highest BCUT2D eigenvalue weighted by Crippen LogP contribution is 2.33. The smallest absolute Gasteiger partial charge is 0.180 e. The van der Waals surface area contributed by atoms with E-state index in [1.165, 1.54) is 0 Å². The van der Waals surface area contributed by atoms with Crippen molar-refractivity contribution in [2.24, 2.45) is 0 Å². The zero-order chi connectivity index (χ0) is 20.0. The molecule has 5 rings (SSSR count). The van der Waals surface area contributed by atoms with Crippen molar-refractivity contribution in [3.8, 4) is 11.5 Å². The molecule has 0 amide bonds. The van der Waals surface area contributed by atoms with Gasteiger partial charge in [0.2, 0.25) is 0 Å². The Morgan fingerprint density at radius 3 is 2.86 bits per heavy atom. The summed E-state index contributed by atoms with van der Waals surface area (Å²) >= 11 is 3.42. The van der Waals surface area contributed by atoms with E-state index in [2.05, 4.69) is 64.9 Å². The Balaban J connectivity index is 1.57. The Morgan fingerprint density at radius 1 is 1.14 bits per heavy atom. The molecule has 0 spiro atoms. The van der Waals surface area contributed by atoms with Gasteiger partial charge in [-0.3, -0.25) is 14.4 Å². The summed E-state index contributed by atoms with van der Waals surface area (Å²) in [5.74, 6) is 1.52. The minimum Gasteiger partial charge on any atom is -0.346 e. The van der Waals surface area contributed by atoms with E-state index in [9.17, 15) is 0 Å². The van der Waals surface area contributed by atoms with E-state index in [1.807, 2.05) is 35.3 Å². The lowest BCUT2D eigenvalue weighted by atomic mass is 9.98. The maximum atomic E-state index is 4.91. The molecule has 1 N–H and O–H groups in total. The summed E-state index contributed by atoms with van der Waals surface area (Å²) in [5.41, 5.74) is 2.72. The standard InChI is InChI=1S/C19H20BrN9/c1-12-18(13-7-24-25-8-13)28(6-5-27(12)2)16-3-4-21-19(26-16)14-9-23-17-10-22-15(20)11-29(14)17/h3-4,7-12,18H,5-6H2,1-2H3,(H,24,25)/t12-,18-/m1/s1. The fraction of sp³-hybridized carbons (Fsp3) is 0.316. The monoisotopic (exact) mass is 453 g/mol. The van der Waals surface area contributed by atoms with Crippen LogP contribution in [0.1, 0.15) is 18.5 Å². The van der Waals surface area contributed by atoms with Gasteiger partial charge in [0.25, 0.3) is 0 Å². The molecular weight excluding hydrogens is 434 g/mol. The molecule has 1 aliphatic heterocycles. The first-order valence-electron chi connectivity index (χ1n) is 9.39. The number of likely N-dealkylation sites (N-methyl/N-ethyl adjacent to an activating group) is 1. The van der Waals surface area contributed by atoms with Crippen LogP contribution in [-0.4, -0.2) is 65.6 Å². The Kier molecular flexibility index (Phi) is 4.51. The van der Waals surface area contributed by atoms with Gasteiger partial charge in [-0.2, -0.15) is 5.10 Å². The quantitative estimate of drug-likeness (QED) is 0.509.